The van der Waals surface area contributed by atoms with Crippen LogP contribution in [0.4, 0.5) is 0 Å². The zero-order valence-corrected chi connectivity index (χ0v) is 17.7. The van der Waals surface area contributed by atoms with Crippen molar-refractivity contribution >= 4 is 5.97 Å². The molecule has 0 heterocycles. The number of aliphatic carboxylic acids is 1. The van der Waals surface area contributed by atoms with E-state index in [0.717, 1.165) is 44.9 Å². The molecule has 160 valence electrons. The lowest BCUT2D eigenvalue weighted by Gasteiger charge is -2.27. The third-order valence-electron chi connectivity index (χ3n) is 4.72. The van der Waals surface area contributed by atoms with Crippen LogP contribution >= 0.6 is 0 Å². The molecule has 4 nitrogen and oxygen atoms in total. The van der Waals surface area contributed by atoms with Crippen LogP contribution in [0, 0.1) is 11.8 Å². The van der Waals surface area contributed by atoms with E-state index >= 15 is 0 Å². The molecular formula is C24H40O4. The van der Waals surface area contributed by atoms with Crippen molar-refractivity contribution in [1.82, 2.24) is 0 Å². The van der Waals surface area contributed by atoms with Crippen molar-refractivity contribution in [2.45, 2.75) is 77.7 Å². The summed E-state index contributed by atoms with van der Waals surface area (Å²) in [6, 6.07) is 0. The Labute approximate surface area is 171 Å². The average molecular weight is 393 g/mol. The third kappa shape index (κ3) is 13.5. The lowest BCUT2D eigenvalue weighted by atomic mass is 9.81. The standard InChI is InChI=1S/C24H40O4/c1-3-5-7-8-9-10-11-12-13-14-15-16-18-21(17-6-4-2)23(24(27)28)22(26)19-20-25/h5,7,9-10,12-13,15-16,21-23,25-26H,3-4,6,8,11,14,17-20H2,1-2H3,(H,27,28)/t21?,22-,23?/m1/s1. The molecule has 0 rings (SSSR count). The number of carboxylic acid groups (broad SMARTS) is 1. The number of hydrogen-bond acceptors (Lipinski definition) is 3. The molecule has 0 aromatic carbocycles. The molecule has 4 heteroatoms. The number of aliphatic hydroxyl groups excluding tert-OH is 2. The van der Waals surface area contributed by atoms with Crippen molar-refractivity contribution in [2.75, 3.05) is 6.61 Å². The summed E-state index contributed by atoms with van der Waals surface area (Å²) in [6.07, 6.45) is 23.2. The van der Waals surface area contributed by atoms with Gasteiger partial charge in [-0.1, -0.05) is 75.3 Å². The van der Waals surface area contributed by atoms with E-state index in [1.165, 1.54) is 0 Å². The molecule has 0 aromatic rings. The number of allylic oxidation sites excluding steroid dienone is 8. The molecule has 0 spiro atoms. The Bertz CT molecular complexity index is 491. The van der Waals surface area contributed by atoms with Gasteiger partial charge in [-0.3, -0.25) is 4.79 Å². The van der Waals surface area contributed by atoms with Crippen LogP contribution < -0.4 is 0 Å². The van der Waals surface area contributed by atoms with Gasteiger partial charge in [0.15, 0.2) is 0 Å². The normalized spacial score (nSPS) is 15.9. The highest BCUT2D eigenvalue weighted by Crippen LogP contribution is 2.27. The highest BCUT2D eigenvalue weighted by Gasteiger charge is 2.33. The molecule has 0 aromatic heterocycles. The Morgan fingerprint density at radius 2 is 1.39 bits per heavy atom. The fourth-order valence-corrected chi connectivity index (χ4v) is 3.15. The number of hydrogen-bond donors (Lipinski definition) is 3. The van der Waals surface area contributed by atoms with Gasteiger partial charge in [-0.25, -0.2) is 0 Å². The zero-order chi connectivity index (χ0) is 21.0. The Morgan fingerprint density at radius 3 is 1.86 bits per heavy atom. The molecule has 0 aliphatic heterocycles. The average Bonchev–Trinajstić information content (AvgIpc) is 2.66. The van der Waals surface area contributed by atoms with Gasteiger partial charge in [0.05, 0.1) is 12.0 Å². The topological polar surface area (TPSA) is 77.8 Å². The number of unbranched alkanes of at least 4 members (excludes halogenated alkanes) is 1. The van der Waals surface area contributed by atoms with E-state index in [4.69, 9.17) is 5.11 Å². The summed E-state index contributed by atoms with van der Waals surface area (Å²) in [5.41, 5.74) is 0. The minimum Gasteiger partial charge on any atom is -0.481 e. The van der Waals surface area contributed by atoms with E-state index in [9.17, 15) is 15.0 Å². The predicted molar refractivity (Wildman–Crippen MR) is 117 cm³/mol. The number of rotatable bonds is 17. The Hall–Kier alpha value is -1.65. The molecule has 0 amide bonds. The van der Waals surface area contributed by atoms with Gasteiger partial charge in [0.2, 0.25) is 0 Å². The van der Waals surface area contributed by atoms with Gasteiger partial charge >= 0.3 is 5.97 Å². The summed E-state index contributed by atoms with van der Waals surface area (Å²) >= 11 is 0. The first-order chi connectivity index (χ1) is 13.6. The van der Waals surface area contributed by atoms with Crippen molar-refractivity contribution in [1.29, 1.82) is 0 Å². The van der Waals surface area contributed by atoms with Crippen LogP contribution in [0.5, 0.6) is 0 Å². The molecule has 0 saturated heterocycles. The van der Waals surface area contributed by atoms with Gasteiger partial charge in [0.25, 0.3) is 0 Å². The second-order valence-electron chi connectivity index (χ2n) is 7.08. The van der Waals surface area contributed by atoms with Crippen LogP contribution in [0.1, 0.15) is 71.6 Å². The highest BCUT2D eigenvalue weighted by atomic mass is 16.4. The van der Waals surface area contributed by atoms with Crippen LogP contribution in [0.3, 0.4) is 0 Å². The third-order valence-corrected chi connectivity index (χ3v) is 4.72. The maximum Gasteiger partial charge on any atom is 0.309 e. The van der Waals surface area contributed by atoms with Crippen LogP contribution in [-0.4, -0.2) is 34.0 Å². The molecule has 0 radical (unpaired) electrons. The van der Waals surface area contributed by atoms with E-state index in [0.29, 0.717) is 6.42 Å². The van der Waals surface area contributed by atoms with Crippen molar-refractivity contribution in [3.05, 3.63) is 48.6 Å². The number of carbonyl (C=O) groups is 1. The summed E-state index contributed by atoms with van der Waals surface area (Å²) in [7, 11) is 0. The Balaban J connectivity index is 4.47. The van der Waals surface area contributed by atoms with E-state index in [1.54, 1.807) is 0 Å². The molecule has 0 fully saturated rings. The van der Waals surface area contributed by atoms with E-state index in [-0.39, 0.29) is 18.9 Å². The van der Waals surface area contributed by atoms with E-state index < -0.39 is 18.0 Å². The fourth-order valence-electron chi connectivity index (χ4n) is 3.15. The van der Waals surface area contributed by atoms with Gasteiger partial charge in [-0.2, -0.15) is 0 Å². The first kappa shape index (κ1) is 26.4. The SMILES string of the molecule is CCC=CCC=CCC=CCC=CCC(CCCC)C(C(=O)O)[C@H](O)CCO. The number of carboxylic acids is 1. The van der Waals surface area contributed by atoms with Crippen molar-refractivity contribution in [3.63, 3.8) is 0 Å². The second kappa shape index (κ2) is 18.7. The summed E-state index contributed by atoms with van der Waals surface area (Å²) in [5.74, 6) is -1.92. The van der Waals surface area contributed by atoms with Crippen LogP contribution in [0.25, 0.3) is 0 Å². The van der Waals surface area contributed by atoms with Crippen LogP contribution in [-0.2, 0) is 4.79 Å². The molecule has 0 aliphatic rings. The lowest BCUT2D eigenvalue weighted by molar-refractivity contribution is -0.149. The summed E-state index contributed by atoms with van der Waals surface area (Å²) < 4.78 is 0. The first-order valence-electron chi connectivity index (χ1n) is 10.7. The quantitative estimate of drug-likeness (QED) is 0.288. The molecule has 2 unspecified atom stereocenters. The Kier molecular flexibility index (Phi) is 17.6. The summed E-state index contributed by atoms with van der Waals surface area (Å²) in [4.78, 5) is 11.7. The molecule has 0 bridgehead atoms. The largest absolute Gasteiger partial charge is 0.481 e. The minimum atomic E-state index is -1.00. The molecule has 28 heavy (non-hydrogen) atoms. The van der Waals surface area contributed by atoms with Gasteiger partial charge in [-0.15, -0.1) is 0 Å². The molecule has 0 aliphatic carbocycles. The fraction of sp³-hybridized carbons (Fsp3) is 0.625. The number of aliphatic hydroxyl groups is 2. The Morgan fingerprint density at radius 1 is 0.857 bits per heavy atom. The van der Waals surface area contributed by atoms with Crippen molar-refractivity contribution in [3.8, 4) is 0 Å². The molecular weight excluding hydrogens is 352 g/mol. The maximum atomic E-state index is 11.7. The van der Waals surface area contributed by atoms with Crippen molar-refractivity contribution < 1.29 is 20.1 Å². The van der Waals surface area contributed by atoms with Crippen LogP contribution in [0.2, 0.25) is 0 Å². The zero-order valence-electron chi connectivity index (χ0n) is 17.7. The van der Waals surface area contributed by atoms with E-state index in [1.807, 2.05) is 6.08 Å². The van der Waals surface area contributed by atoms with E-state index in [2.05, 4.69) is 56.4 Å². The molecule has 0 saturated carbocycles. The van der Waals surface area contributed by atoms with Gasteiger partial charge < -0.3 is 15.3 Å². The molecule has 3 N–H and O–H groups in total. The predicted octanol–water partition coefficient (Wildman–Crippen LogP) is 5.43. The van der Waals surface area contributed by atoms with Gasteiger partial charge in [0.1, 0.15) is 0 Å². The summed E-state index contributed by atoms with van der Waals surface area (Å²) in [5, 5.41) is 28.7. The van der Waals surface area contributed by atoms with Crippen LogP contribution in [0.15, 0.2) is 48.6 Å². The highest BCUT2D eigenvalue weighted by molar-refractivity contribution is 5.71. The monoisotopic (exact) mass is 392 g/mol. The maximum absolute atomic E-state index is 11.7. The van der Waals surface area contributed by atoms with Gasteiger partial charge in [0, 0.05) is 6.61 Å². The second-order valence-corrected chi connectivity index (χ2v) is 7.08. The summed E-state index contributed by atoms with van der Waals surface area (Å²) in [6.45, 7) is 4.00. The smallest absolute Gasteiger partial charge is 0.309 e. The molecule has 3 atom stereocenters. The van der Waals surface area contributed by atoms with Crippen molar-refractivity contribution in [2.24, 2.45) is 11.8 Å². The first-order valence-corrected chi connectivity index (χ1v) is 10.7. The van der Waals surface area contributed by atoms with Gasteiger partial charge in [-0.05, 0) is 50.9 Å². The lowest BCUT2D eigenvalue weighted by Crippen LogP contribution is -2.35. The minimum absolute atomic E-state index is 0.105.